The van der Waals surface area contributed by atoms with E-state index in [0.717, 1.165) is 45.2 Å². The number of aromatic nitrogens is 3. The molecule has 108 valence electrons. The third-order valence-electron chi connectivity index (χ3n) is 2.58. The summed E-state index contributed by atoms with van der Waals surface area (Å²) >= 11 is 0. The monoisotopic (exact) mass is 268 g/mol. The molecule has 5 N–H and O–H groups in total. The van der Waals surface area contributed by atoms with E-state index >= 15 is 0 Å². The van der Waals surface area contributed by atoms with Gasteiger partial charge in [0.05, 0.1) is 0 Å². The molecule has 0 radical (unpaired) electrons. The Morgan fingerprint density at radius 3 is 2.16 bits per heavy atom. The summed E-state index contributed by atoms with van der Waals surface area (Å²) in [6, 6.07) is 0. The largest absolute Gasteiger partial charge is 0.396 e. The van der Waals surface area contributed by atoms with Gasteiger partial charge in [0.1, 0.15) is 0 Å². The number of aliphatic hydroxyl groups excluding tert-OH is 1. The minimum atomic E-state index is 0.215. The molecule has 0 aliphatic carbocycles. The molecular weight excluding hydrogens is 244 g/mol. The highest BCUT2D eigenvalue weighted by atomic mass is 16.2. The first kappa shape index (κ1) is 15.4. The lowest BCUT2D eigenvalue weighted by atomic mass is 10.2. The van der Waals surface area contributed by atoms with Gasteiger partial charge in [-0.25, -0.2) is 0 Å². The highest BCUT2D eigenvalue weighted by molar-refractivity contribution is 5.39. The van der Waals surface area contributed by atoms with Gasteiger partial charge in [-0.05, 0) is 25.7 Å². The van der Waals surface area contributed by atoms with Crippen LogP contribution >= 0.6 is 0 Å². The quantitative estimate of drug-likeness (QED) is 0.473. The number of rotatable bonds is 10. The average molecular weight is 268 g/mol. The maximum absolute atomic E-state index is 8.68. The summed E-state index contributed by atoms with van der Waals surface area (Å²) in [5.41, 5.74) is 5.64. The van der Waals surface area contributed by atoms with E-state index in [1.165, 1.54) is 0 Å². The Morgan fingerprint density at radius 2 is 1.58 bits per heavy atom. The summed E-state index contributed by atoms with van der Waals surface area (Å²) in [5.74, 6) is 1.22. The van der Waals surface area contributed by atoms with Crippen LogP contribution < -0.4 is 16.4 Å². The molecule has 7 heteroatoms. The number of nitrogens with zero attached hydrogens (tertiary/aromatic N) is 3. The Morgan fingerprint density at radius 1 is 0.947 bits per heavy atom. The maximum atomic E-state index is 8.68. The Bertz CT molecular complexity index is 360. The minimum Gasteiger partial charge on any atom is -0.396 e. The zero-order chi connectivity index (χ0) is 13.9. The van der Waals surface area contributed by atoms with Crippen molar-refractivity contribution in [3.63, 3.8) is 0 Å². The molecule has 0 saturated heterocycles. The van der Waals surface area contributed by atoms with E-state index in [0.29, 0.717) is 11.9 Å². The molecule has 0 atom stereocenters. The van der Waals surface area contributed by atoms with Crippen LogP contribution in [-0.2, 0) is 0 Å². The van der Waals surface area contributed by atoms with Gasteiger partial charge in [0.2, 0.25) is 17.8 Å². The van der Waals surface area contributed by atoms with Gasteiger partial charge < -0.3 is 21.5 Å². The Hall–Kier alpha value is -1.63. The molecule has 1 aromatic heterocycles. The molecule has 0 aliphatic rings. The molecule has 0 fully saturated rings. The van der Waals surface area contributed by atoms with E-state index in [1.807, 2.05) is 0 Å². The summed E-state index contributed by atoms with van der Waals surface area (Å²) in [6.45, 7) is 3.96. The minimum absolute atomic E-state index is 0.215. The lowest BCUT2D eigenvalue weighted by Gasteiger charge is -2.08. The highest BCUT2D eigenvalue weighted by Crippen LogP contribution is 2.07. The third-order valence-corrected chi connectivity index (χ3v) is 2.58. The number of nitrogen functional groups attached to an aromatic ring is 1. The third kappa shape index (κ3) is 6.76. The second-order valence-electron chi connectivity index (χ2n) is 4.33. The first-order valence-corrected chi connectivity index (χ1v) is 6.86. The molecule has 0 aliphatic heterocycles. The zero-order valence-electron chi connectivity index (χ0n) is 11.5. The second-order valence-corrected chi connectivity index (χ2v) is 4.33. The number of hydrogen-bond donors (Lipinski definition) is 4. The van der Waals surface area contributed by atoms with Gasteiger partial charge in [0.15, 0.2) is 0 Å². The van der Waals surface area contributed by atoms with Crippen molar-refractivity contribution in [2.24, 2.45) is 0 Å². The Kier molecular flexibility index (Phi) is 7.57. The summed E-state index contributed by atoms with van der Waals surface area (Å²) < 4.78 is 0. The number of nitrogens with one attached hydrogen (secondary N) is 2. The van der Waals surface area contributed by atoms with Crippen molar-refractivity contribution in [2.75, 3.05) is 36.1 Å². The standard InChI is InChI=1S/C12H24N6O/c1-2-3-7-14-11-16-10(13)17-12(18-11)15-8-5-4-6-9-19/h19H,2-9H2,1H3,(H4,13,14,15,16,17,18). The first-order chi connectivity index (χ1) is 9.26. The SMILES string of the molecule is CCCCNc1nc(N)nc(NCCCCCO)n1. The molecule has 7 nitrogen and oxygen atoms in total. The van der Waals surface area contributed by atoms with E-state index in [9.17, 15) is 0 Å². The number of aliphatic hydroxyl groups is 1. The Balaban J connectivity index is 2.39. The highest BCUT2D eigenvalue weighted by Gasteiger charge is 2.03. The molecule has 19 heavy (non-hydrogen) atoms. The van der Waals surface area contributed by atoms with Gasteiger partial charge in [-0.1, -0.05) is 13.3 Å². The van der Waals surface area contributed by atoms with Gasteiger partial charge >= 0.3 is 0 Å². The van der Waals surface area contributed by atoms with Crippen molar-refractivity contribution < 1.29 is 5.11 Å². The van der Waals surface area contributed by atoms with Crippen molar-refractivity contribution in [3.05, 3.63) is 0 Å². The summed E-state index contributed by atoms with van der Waals surface area (Å²) in [7, 11) is 0. The molecule has 1 heterocycles. The number of unbranched alkanes of at least 4 members (excludes halogenated alkanes) is 3. The molecule has 1 rings (SSSR count). The van der Waals surface area contributed by atoms with Crippen LogP contribution in [0.3, 0.4) is 0 Å². The fourth-order valence-electron chi connectivity index (χ4n) is 1.54. The molecule has 0 aromatic carbocycles. The van der Waals surface area contributed by atoms with Crippen molar-refractivity contribution in [1.29, 1.82) is 0 Å². The van der Waals surface area contributed by atoms with E-state index in [1.54, 1.807) is 0 Å². The van der Waals surface area contributed by atoms with Gasteiger partial charge in [0.25, 0.3) is 0 Å². The smallest absolute Gasteiger partial charge is 0.229 e. The molecular formula is C12H24N6O. The number of hydrogen-bond acceptors (Lipinski definition) is 7. The first-order valence-electron chi connectivity index (χ1n) is 6.86. The van der Waals surface area contributed by atoms with Crippen LogP contribution in [0.5, 0.6) is 0 Å². The molecule has 0 spiro atoms. The van der Waals surface area contributed by atoms with Gasteiger partial charge in [0, 0.05) is 19.7 Å². The van der Waals surface area contributed by atoms with Crippen LogP contribution in [0.25, 0.3) is 0 Å². The normalized spacial score (nSPS) is 10.4. The lowest BCUT2D eigenvalue weighted by Crippen LogP contribution is -2.12. The maximum Gasteiger partial charge on any atom is 0.229 e. The molecule has 0 bridgehead atoms. The summed E-state index contributed by atoms with van der Waals surface area (Å²) in [5, 5.41) is 14.9. The van der Waals surface area contributed by atoms with E-state index in [2.05, 4.69) is 32.5 Å². The van der Waals surface area contributed by atoms with Crippen molar-refractivity contribution in [1.82, 2.24) is 15.0 Å². The van der Waals surface area contributed by atoms with Gasteiger partial charge in [-0.15, -0.1) is 0 Å². The van der Waals surface area contributed by atoms with Crippen molar-refractivity contribution in [2.45, 2.75) is 39.0 Å². The average Bonchev–Trinajstić information content (AvgIpc) is 2.38. The van der Waals surface area contributed by atoms with E-state index < -0.39 is 0 Å². The Labute approximate surface area is 114 Å². The second kappa shape index (κ2) is 9.32. The van der Waals surface area contributed by atoms with Crippen LogP contribution in [0.2, 0.25) is 0 Å². The fraction of sp³-hybridized carbons (Fsp3) is 0.750. The van der Waals surface area contributed by atoms with E-state index in [4.69, 9.17) is 10.8 Å². The fourth-order valence-corrected chi connectivity index (χ4v) is 1.54. The molecule has 0 unspecified atom stereocenters. The van der Waals surface area contributed by atoms with Crippen LogP contribution in [0.1, 0.15) is 39.0 Å². The zero-order valence-corrected chi connectivity index (χ0v) is 11.5. The van der Waals surface area contributed by atoms with Gasteiger partial charge in [-0.2, -0.15) is 15.0 Å². The van der Waals surface area contributed by atoms with E-state index in [-0.39, 0.29) is 12.6 Å². The van der Waals surface area contributed by atoms with Crippen LogP contribution in [0, 0.1) is 0 Å². The van der Waals surface area contributed by atoms with Crippen LogP contribution in [-0.4, -0.2) is 39.8 Å². The summed E-state index contributed by atoms with van der Waals surface area (Å²) in [6.07, 6.45) is 4.94. The predicted octanol–water partition coefficient (Wildman–Crippen LogP) is 1.24. The summed E-state index contributed by atoms with van der Waals surface area (Å²) in [4.78, 5) is 12.3. The van der Waals surface area contributed by atoms with Crippen LogP contribution in [0.4, 0.5) is 17.8 Å². The van der Waals surface area contributed by atoms with Crippen molar-refractivity contribution in [3.8, 4) is 0 Å². The lowest BCUT2D eigenvalue weighted by molar-refractivity contribution is 0.283. The topological polar surface area (TPSA) is 109 Å². The van der Waals surface area contributed by atoms with Crippen LogP contribution in [0.15, 0.2) is 0 Å². The molecule has 0 saturated carbocycles. The molecule has 0 amide bonds. The van der Waals surface area contributed by atoms with Gasteiger partial charge in [-0.3, -0.25) is 0 Å². The number of nitrogens with two attached hydrogens (primary N) is 1. The number of anilines is 3. The van der Waals surface area contributed by atoms with Crippen molar-refractivity contribution >= 4 is 17.8 Å². The predicted molar refractivity (Wildman–Crippen MR) is 77.1 cm³/mol. The molecule has 1 aromatic rings.